The predicted octanol–water partition coefficient (Wildman–Crippen LogP) is 2.00. The molecule has 0 heterocycles. The molecule has 0 aliphatic heterocycles. The maximum Gasteiger partial charge on any atom is 0.305 e. The first-order chi connectivity index (χ1) is 9.11. The van der Waals surface area contributed by atoms with E-state index in [1.165, 1.54) is 7.11 Å². The molecular weight excluding hydrogens is 242 g/mol. The summed E-state index contributed by atoms with van der Waals surface area (Å²) in [6.07, 6.45) is 2.33. The first-order valence-corrected chi connectivity index (χ1v) is 6.51. The van der Waals surface area contributed by atoms with Gasteiger partial charge < -0.3 is 10.1 Å². The van der Waals surface area contributed by atoms with Crippen molar-refractivity contribution >= 4 is 11.9 Å². The van der Waals surface area contributed by atoms with Crippen LogP contribution in [0.3, 0.4) is 0 Å². The number of nitrogens with one attached hydrogen (secondary N) is 1. The SMILES string of the molecule is COC(=O)CCCCNC(=O)Cc1cccc(C)c1. The number of unbranched alkanes of at least 4 members (excludes halogenated alkanes) is 1. The molecule has 0 atom stereocenters. The summed E-state index contributed by atoms with van der Waals surface area (Å²) in [5, 5.41) is 2.85. The third kappa shape index (κ3) is 6.60. The Labute approximate surface area is 114 Å². The van der Waals surface area contributed by atoms with Crippen LogP contribution in [0.5, 0.6) is 0 Å². The van der Waals surface area contributed by atoms with Gasteiger partial charge in [-0.3, -0.25) is 9.59 Å². The quantitative estimate of drug-likeness (QED) is 0.604. The number of esters is 1. The van der Waals surface area contributed by atoms with Gasteiger partial charge in [0.1, 0.15) is 0 Å². The van der Waals surface area contributed by atoms with Gasteiger partial charge in [-0.15, -0.1) is 0 Å². The lowest BCUT2D eigenvalue weighted by Crippen LogP contribution is -2.26. The van der Waals surface area contributed by atoms with Gasteiger partial charge in [0.15, 0.2) is 0 Å². The molecule has 0 saturated carbocycles. The van der Waals surface area contributed by atoms with Crippen molar-refractivity contribution in [1.29, 1.82) is 0 Å². The van der Waals surface area contributed by atoms with E-state index in [1.54, 1.807) is 0 Å². The fourth-order valence-corrected chi connectivity index (χ4v) is 1.79. The van der Waals surface area contributed by atoms with Gasteiger partial charge >= 0.3 is 5.97 Å². The van der Waals surface area contributed by atoms with E-state index in [-0.39, 0.29) is 11.9 Å². The number of hydrogen-bond donors (Lipinski definition) is 1. The minimum Gasteiger partial charge on any atom is -0.469 e. The van der Waals surface area contributed by atoms with Crippen molar-refractivity contribution in [2.45, 2.75) is 32.6 Å². The number of amides is 1. The van der Waals surface area contributed by atoms with Crippen molar-refractivity contribution in [3.05, 3.63) is 35.4 Å². The van der Waals surface area contributed by atoms with E-state index in [9.17, 15) is 9.59 Å². The molecule has 0 aliphatic rings. The summed E-state index contributed by atoms with van der Waals surface area (Å²) in [7, 11) is 1.38. The number of carbonyl (C=O) groups is 2. The normalized spacial score (nSPS) is 10.0. The number of hydrogen-bond acceptors (Lipinski definition) is 3. The summed E-state index contributed by atoms with van der Waals surface area (Å²) in [5.41, 5.74) is 2.18. The van der Waals surface area contributed by atoms with Gasteiger partial charge in [-0.05, 0) is 25.3 Å². The number of ether oxygens (including phenoxy) is 1. The Morgan fingerprint density at radius 3 is 2.74 bits per heavy atom. The van der Waals surface area contributed by atoms with E-state index < -0.39 is 0 Å². The first-order valence-electron chi connectivity index (χ1n) is 6.51. The van der Waals surface area contributed by atoms with E-state index in [4.69, 9.17) is 0 Å². The molecule has 1 N–H and O–H groups in total. The second-order valence-corrected chi connectivity index (χ2v) is 4.55. The van der Waals surface area contributed by atoms with Crippen LogP contribution in [0, 0.1) is 6.92 Å². The zero-order valence-corrected chi connectivity index (χ0v) is 11.6. The molecule has 1 amide bonds. The molecule has 0 aromatic heterocycles. The van der Waals surface area contributed by atoms with Crippen molar-refractivity contribution in [3.63, 3.8) is 0 Å². The number of carbonyl (C=O) groups excluding carboxylic acids is 2. The summed E-state index contributed by atoms with van der Waals surface area (Å²) in [5.74, 6) is -0.185. The smallest absolute Gasteiger partial charge is 0.305 e. The van der Waals surface area contributed by atoms with E-state index in [0.29, 0.717) is 19.4 Å². The summed E-state index contributed by atoms with van der Waals surface area (Å²) in [6.45, 7) is 2.61. The highest BCUT2D eigenvalue weighted by molar-refractivity contribution is 5.78. The Bertz CT molecular complexity index is 429. The molecule has 0 saturated heterocycles. The highest BCUT2D eigenvalue weighted by Crippen LogP contribution is 2.04. The molecule has 1 aromatic rings. The Morgan fingerprint density at radius 1 is 1.26 bits per heavy atom. The largest absolute Gasteiger partial charge is 0.469 e. The average molecular weight is 263 g/mol. The minimum atomic E-state index is -0.203. The highest BCUT2D eigenvalue weighted by Gasteiger charge is 2.03. The standard InChI is InChI=1S/C15H21NO3/c1-12-6-5-7-13(10-12)11-14(17)16-9-4-3-8-15(18)19-2/h5-7,10H,3-4,8-9,11H2,1-2H3,(H,16,17). The predicted molar refractivity (Wildman–Crippen MR) is 73.8 cm³/mol. The molecule has 0 aliphatic carbocycles. The Kier molecular flexibility index (Phi) is 6.64. The van der Waals surface area contributed by atoms with Gasteiger partial charge in [0.2, 0.25) is 5.91 Å². The van der Waals surface area contributed by atoms with Crippen LogP contribution in [0.25, 0.3) is 0 Å². The van der Waals surface area contributed by atoms with E-state index in [0.717, 1.165) is 24.0 Å². The zero-order valence-electron chi connectivity index (χ0n) is 11.6. The summed E-state index contributed by atoms with van der Waals surface area (Å²) in [6, 6.07) is 7.92. The highest BCUT2D eigenvalue weighted by atomic mass is 16.5. The average Bonchev–Trinajstić information content (AvgIpc) is 2.38. The molecule has 0 radical (unpaired) electrons. The number of aryl methyl sites for hydroxylation is 1. The maximum atomic E-state index is 11.7. The molecule has 0 unspecified atom stereocenters. The molecule has 104 valence electrons. The molecule has 1 rings (SSSR count). The summed E-state index contributed by atoms with van der Waals surface area (Å²) < 4.78 is 4.54. The van der Waals surface area contributed by atoms with Crippen molar-refractivity contribution in [3.8, 4) is 0 Å². The molecule has 4 heteroatoms. The van der Waals surface area contributed by atoms with Crippen LogP contribution >= 0.6 is 0 Å². The van der Waals surface area contributed by atoms with Crippen molar-refractivity contribution in [1.82, 2.24) is 5.32 Å². The van der Waals surface area contributed by atoms with Gasteiger partial charge in [0.25, 0.3) is 0 Å². The monoisotopic (exact) mass is 263 g/mol. The first kappa shape index (κ1) is 15.2. The van der Waals surface area contributed by atoms with Crippen LogP contribution in [0.4, 0.5) is 0 Å². The third-order valence-corrected chi connectivity index (χ3v) is 2.80. The Balaban J connectivity index is 2.16. The molecule has 4 nitrogen and oxygen atoms in total. The molecule has 0 spiro atoms. The van der Waals surface area contributed by atoms with Gasteiger partial charge in [-0.1, -0.05) is 29.8 Å². The fraction of sp³-hybridized carbons (Fsp3) is 0.467. The zero-order chi connectivity index (χ0) is 14.1. The molecule has 0 fully saturated rings. The van der Waals surface area contributed by atoms with Crippen LogP contribution in [-0.2, 0) is 20.7 Å². The number of benzene rings is 1. The van der Waals surface area contributed by atoms with Crippen LogP contribution in [0.2, 0.25) is 0 Å². The van der Waals surface area contributed by atoms with Gasteiger partial charge in [0, 0.05) is 13.0 Å². The van der Waals surface area contributed by atoms with Crippen molar-refractivity contribution in [2.24, 2.45) is 0 Å². The number of methoxy groups -OCH3 is 1. The van der Waals surface area contributed by atoms with Crippen molar-refractivity contribution in [2.75, 3.05) is 13.7 Å². The lowest BCUT2D eigenvalue weighted by molar-refractivity contribution is -0.140. The van der Waals surface area contributed by atoms with Gasteiger partial charge in [-0.2, -0.15) is 0 Å². The molecule has 1 aromatic carbocycles. The molecule has 0 bridgehead atoms. The van der Waals surface area contributed by atoms with Crippen LogP contribution < -0.4 is 5.32 Å². The summed E-state index contributed by atoms with van der Waals surface area (Å²) in [4.78, 5) is 22.5. The van der Waals surface area contributed by atoms with E-state index in [2.05, 4.69) is 10.1 Å². The third-order valence-electron chi connectivity index (χ3n) is 2.80. The van der Waals surface area contributed by atoms with Crippen LogP contribution in [-0.4, -0.2) is 25.5 Å². The summed E-state index contributed by atoms with van der Waals surface area (Å²) >= 11 is 0. The lowest BCUT2D eigenvalue weighted by atomic mass is 10.1. The van der Waals surface area contributed by atoms with E-state index in [1.807, 2.05) is 31.2 Å². The Hall–Kier alpha value is -1.84. The molecule has 19 heavy (non-hydrogen) atoms. The van der Waals surface area contributed by atoms with Crippen molar-refractivity contribution < 1.29 is 14.3 Å². The maximum absolute atomic E-state index is 11.7. The topological polar surface area (TPSA) is 55.4 Å². The van der Waals surface area contributed by atoms with Gasteiger partial charge in [0.05, 0.1) is 13.5 Å². The second-order valence-electron chi connectivity index (χ2n) is 4.55. The molecular formula is C15H21NO3. The fourth-order valence-electron chi connectivity index (χ4n) is 1.79. The Morgan fingerprint density at radius 2 is 2.05 bits per heavy atom. The van der Waals surface area contributed by atoms with Crippen LogP contribution in [0.15, 0.2) is 24.3 Å². The second kappa shape index (κ2) is 8.29. The minimum absolute atomic E-state index is 0.0173. The lowest BCUT2D eigenvalue weighted by Gasteiger charge is -2.05. The number of rotatable bonds is 7. The van der Waals surface area contributed by atoms with Crippen LogP contribution in [0.1, 0.15) is 30.4 Å². The van der Waals surface area contributed by atoms with Gasteiger partial charge in [-0.25, -0.2) is 0 Å². The van der Waals surface area contributed by atoms with E-state index >= 15 is 0 Å².